The van der Waals surface area contributed by atoms with Gasteiger partial charge in [0.2, 0.25) is 11.8 Å². The van der Waals surface area contributed by atoms with Crippen molar-refractivity contribution in [3.05, 3.63) is 34.7 Å². The van der Waals surface area contributed by atoms with E-state index in [2.05, 4.69) is 10.2 Å². The van der Waals surface area contributed by atoms with Crippen molar-refractivity contribution >= 4 is 17.6 Å². The van der Waals surface area contributed by atoms with Crippen LogP contribution < -0.4 is 0 Å². The summed E-state index contributed by atoms with van der Waals surface area (Å²) >= 11 is 6.01. The lowest BCUT2D eigenvalue weighted by Crippen LogP contribution is -2.06. The highest BCUT2D eigenvalue weighted by Crippen LogP contribution is 2.24. The number of carboxylic acid groups (broad SMARTS) is 1. The van der Waals surface area contributed by atoms with Crippen molar-refractivity contribution in [1.29, 1.82) is 0 Å². The van der Waals surface area contributed by atoms with Crippen LogP contribution in [0.4, 0.5) is 0 Å². The van der Waals surface area contributed by atoms with E-state index >= 15 is 0 Å². The van der Waals surface area contributed by atoms with E-state index < -0.39 is 12.6 Å². The maximum atomic E-state index is 10.3. The van der Waals surface area contributed by atoms with Crippen molar-refractivity contribution in [1.82, 2.24) is 10.2 Å². The molecule has 1 aromatic carbocycles. The maximum Gasteiger partial charge on any atom is 0.329 e. The molecular weight excluding hydrogens is 272 g/mol. The van der Waals surface area contributed by atoms with Gasteiger partial charge in [0, 0.05) is 10.6 Å². The molecule has 0 saturated carbocycles. The average Bonchev–Trinajstić information content (AvgIpc) is 2.81. The third-order valence-corrected chi connectivity index (χ3v) is 2.74. The van der Waals surface area contributed by atoms with Crippen LogP contribution in [0.3, 0.4) is 0 Å². The van der Waals surface area contributed by atoms with Crippen molar-refractivity contribution in [2.24, 2.45) is 0 Å². The Hall–Kier alpha value is -1.92. The van der Waals surface area contributed by atoms with Crippen molar-refractivity contribution in [3.8, 4) is 11.5 Å². The van der Waals surface area contributed by atoms with Crippen LogP contribution in [0.25, 0.3) is 11.5 Å². The van der Waals surface area contributed by atoms with E-state index in [1.54, 1.807) is 6.07 Å². The van der Waals surface area contributed by atoms with Gasteiger partial charge in [-0.2, -0.15) is 0 Å². The van der Waals surface area contributed by atoms with Crippen LogP contribution in [0.5, 0.6) is 0 Å². The van der Waals surface area contributed by atoms with Gasteiger partial charge in [0.15, 0.2) is 0 Å². The van der Waals surface area contributed by atoms with Gasteiger partial charge in [-0.15, -0.1) is 10.2 Å². The largest absolute Gasteiger partial charge is 0.480 e. The highest BCUT2D eigenvalue weighted by molar-refractivity contribution is 6.31. The number of benzene rings is 1. The maximum absolute atomic E-state index is 10.3. The molecule has 2 rings (SSSR count). The number of hydrogen-bond donors (Lipinski definition) is 1. The van der Waals surface area contributed by atoms with E-state index in [-0.39, 0.29) is 12.5 Å². The molecule has 0 spiro atoms. The standard InChI is InChI=1S/C12H11ClN2O4/c1-7-2-3-8(4-9(7)13)12-15-14-10(19-12)5-18-6-11(16)17/h2-4H,5-6H2,1H3,(H,16,17). The minimum atomic E-state index is -1.05. The summed E-state index contributed by atoms with van der Waals surface area (Å²) in [5.41, 5.74) is 1.66. The first kappa shape index (κ1) is 13.5. The minimum Gasteiger partial charge on any atom is -0.480 e. The molecule has 6 nitrogen and oxygen atoms in total. The van der Waals surface area contributed by atoms with Gasteiger partial charge in [-0.05, 0) is 24.6 Å². The summed E-state index contributed by atoms with van der Waals surface area (Å²) < 4.78 is 10.2. The van der Waals surface area contributed by atoms with Crippen LogP contribution >= 0.6 is 11.6 Å². The number of rotatable bonds is 5. The fourth-order valence-electron chi connectivity index (χ4n) is 1.38. The average molecular weight is 283 g/mol. The lowest BCUT2D eigenvalue weighted by molar-refractivity contribution is -0.142. The van der Waals surface area contributed by atoms with Crippen molar-refractivity contribution in [2.45, 2.75) is 13.5 Å². The van der Waals surface area contributed by atoms with Gasteiger partial charge in [-0.25, -0.2) is 4.79 Å². The second-order valence-corrected chi connectivity index (χ2v) is 4.26. The predicted octanol–water partition coefficient (Wildman–Crippen LogP) is 2.30. The number of ether oxygens (including phenoxy) is 1. The quantitative estimate of drug-likeness (QED) is 0.905. The summed E-state index contributed by atoms with van der Waals surface area (Å²) in [5.74, 6) is -0.520. The number of aromatic nitrogens is 2. The molecular formula is C12H11ClN2O4. The first-order valence-electron chi connectivity index (χ1n) is 5.44. The van der Waals surface area contributed by atoms with Crippen LogP contribution in [0, 0.1) is 6.92 Å². The fraction of sp³-hybridized carbons (Fsp3) is 0.250. The first-order chi connectivity index (χ1) is 9.06. The SMILES string of the molecule is Cc1ccc(-c2nnc(COCC(=O)O)o2)cc1Cl. The second-order valence-electron chi connectivity index (χ2n) is 3.85. The second kappa shape index (κ2) is 5.81. The zero-order valence-corrected chi connectivity index (χ0v) is 10.8. The molecule has 0 atom stereocenters. The highest BCUT2D eigenvalue weighted by atomic mass is 35.5. The number of carboxylic acids is 1. The molecule has 1 aromatic heterocycles. The van der Waals surface area contributed by atoms with E-state index in [1.165, 1.54) is 0 Å². The molecule has 0 unspecified atom stereocenters. The first-order valence-corrected chi connectivity index (χ1v) is 5.82. The number of aliphatic carboxylic acids is 1. The highest BCUT2D eigenvalue weighted by Gasteiger charge is 2.10. The molecule has 1 heterocycles. The number of aryl methyl sites for hydroxylation is 1. The molecule has 0 radical (unpaired) electrons. The van der Waals surface area contributed by atoms with Crippen molar-refractivity contribution < 1.29 is 19.1 Å². The fourth-order valence-corrected chi connectivity index (χ4v) is 1.56. The molecule has 0 bridgehead atoms. The van der Waals surface area contributed by atoms with Gasteiger partial charge >= 0.3 is 5.97 Å². The van der Waals surface area contributed by atoms with Crippen molar-refractivity contribution in [2.75, 3.05) is 6.61 Å². The summed E-state index contributed by atoms with van der Waals surface area (Å²) in [5, 5.41) is 16.7. The third kappa shape index (κ3) is 3.52. The Morgan fingerprint density at radius 1 is 1.47 bits per heavy atom. The Morgan fingerprint density at radius 3 is 2.95 bits per heavy atom. The lowest BCUT2D eigenvalue weighted by Gasteiger charge is -1.99. The van der Waals surface area contributed by atoms with Crippen LogP contribution in [0.15, 0.2) is 22.6 Å². The van der Waals surface area contributed by atoms with E-state index in [0.717, 1.165) is 5.56 Å². The Kier molecular flexibility index (Phi) is 4.13. The van der Waals surface area contributed by atoms with Gasteiger partial charge in [-0.1, -0.05) is 17.7 Å². The minimum absolute atomic E-state index is 0.0428. The Labute approximate surface area is 114 Å². The van der Waals surface area contributed by atoms with Gasteiger partial charge in [0.1, 0.15) is 13.2 Å². The Balaban J connectivity index is 2.07. The van der Waals surface area contributed by atoms with Gasteiger partial charge < -0.3 is 14.3 Å². The molecule has 0 aliphatic rings. The zero-order valence-electron chi connectivity index (χ0n) is 10.1. The van der Waals surface area contributed by atoms with E-state index in [0.29, 0.717) is 16.5 Å². The molecule has 0 aliphatic carbocycles. The molecule has 0 fully saturated rings. The molecule has 1 N–H and O–H groups in total. The normalized spacial score (nSPS) is 10.6. The van der Waals surface area contributed by atoms with Gasteiger partial charge in [0.05, 0.1) is 0 Å². The number of halogens is 1. The molecule has 0 saturated heterocycles. The number of nitrogens with zero attached hydrogens (tertiary/aromatic N) is 2. The van der Waals surface area contributed by atoms with Gasteiger partial charge in [0.25, 0.3) is 0 Å². The summed E-state index contributed by atoms with van der Waals surface area (Å²) in [6.07, 6.45) is 0. The molecule has 19 heavy (non-hydrogen) atoms. The summed E-state index contributed by atoms with van der Waals surface area (Å²) in [6, 6.07) is 5.39. The van der Waals surface area contributed by atoms with Crippen LogP contribution in [0.1, 0.15) is 11.5 Å². The summed E-state index contributed by atoms with van der Waals surface area (Å²) in [7, 11) is 0. The van der Waals surface area contributed by atoms with Crippen LogP contribution in [-0.4, -0.2) is 27.9 Å². The Bertz CT molecular complexity index is 597. The molecule has 0 aliphatic heterocycles. The molecule has 7 heteroatoms. The zero-order chi connectivity index (χ0) is 13.8. The topological polar surface area (TPSA) is 85.5 Å². The van der Waals surface area contributed by atoms with Gasteiger partial charge in [-0.3, -0.25) is 0 Å². The van der Waals surface area contributed by atoms with E-state index in [9.17, 15) is 4.79 Å². The predicted molar refractivity (Wildman–Crippen MR) is 66.8 cm³/mol. The lowest BCUT2D eigenvalue weighted by atomic mass is 10.1. The molecule has 100 valence electrons. The van der Waals surface area contributed by atoms with Crippen molar-refractivity contribution in [3.63, 3.8) is 0 Å². The summed E-state index contributed by atoms with van der Waals surface area (Å²) in [6.45, 7) is 1.44. The smallest absolute Gasteiger partial charge is 0.329 e. The summed E-state index contributed by atoms with van der Waals surface area (Å²) in [4.78, 5) is 10.3. The van der Waals surface area contributed by atoms with Crippen LogP contribution in [-0.2, 0) is 16.1 Å². The monoisotopic (exact) mass is 282 g/mol. The Morgan fingerprint density at radius 2 is 2.26 bits per heavy atom. The number of hydrogen-bond acceptors (Lipinski definition) is 5. The van der Waals surface area contributed by atoms with Crippen LogP contribution in [0.2, 0.25) is 5.02 Å². The molecule has 0 amide bonds. The third-order valence-electron chi connectivity index (χ3n) is 2.34. The molecule has 2 aromatic rings. The number of carbonyl (C=O) groups is 1. The van der Waals surface area contributed by atoms with E-state index in [4.69, 9.17) is 25.9 Å². The van der Waals surface area contributed by atoms with E-state index in [1.807, 2.05) is 19.1 Å².